The third-order valence-electron chi connectivity index (χ3n) is 10.9. The first-order valence-corrected chi connectivity index (χ1v) is 18.6. The van der Waals surface area contributed by atoms with Gasteiger partial charge in [-0.2, -0.15) is 5.10 Å². The van der Waals surface area contributed by atoms with Crippen LogP contribution in [-0.2, 0) is 29.2 Å². The Bertz CT molecular complexity index is 2020. The lowest BCUT2D eigenvalue weighted by Crippen LogP contribution is -2.47. The number of hydrogen-bond acceptors (Lipinski definition) is 8. The predicted molar refractivity (Wildman–Crippen MR) is 196 cm³/mol. The molecule has 0 unspecified atom stereocenters. The number of aryl methyl sites for hydroxylation is 2. The molecule has 2 amide bonds. The molecule has 7 rings (SSSR count). The van der Waals surface area contributed by atoms with E-state index in [2.05, 4.69) is 53.2 Å². The van der Waals surface area contributed by atoms with Crippen LogP contribution < -0.4 is 5.32 Å². The molecule has 1 aliphatic carbocycles. The third-order valence-corrected chi connectivity index (χ3v) is 11.3. The molecule has 2 aliphatic heterocycles. The van der Waals surface area contributed by atoms with Gasteiger partial charge in [0.2, 0.25) is 11.8 Å². The zero-order chi connectivity index (χ0) is 36.0. The van der Waals surface area contributed by atoms with Crippen molar-refractivity contribution in [2.45, 2.75) is 97.4 Å². The second-order valence-corrected chi connectivity index (χ2v) is 15.5. The van der Waals surface area contributed by atoms with Gasteiger partial charge in [0.25, 0.3) is 0 Å². The summed E-state index contributed by atoms with van der Waals surface area (Å²) in [5.74, 6) is 0.283. The third kappa shape index (κ3) is 6.94. The van der Waals surface area contributed by atoms with Crippen molar-refractivity contribution in [1.29, 1.82) is 0 Å². The molecular formula is C38H44BrFN8O3. The van der Waals surface area contributed by atoms with Crippen LogP contribution in [0.15, 0.2) is 35.2 Å². The fourth-order valence-electron chi connectivity index (χ4n) is 8.35. The number of aromatic nitrogens is 5. The number of ketones is 1. The molecular weight excluding hydrogens is 715 g/mol. The number of halogens is 2. The molecule has 3 aromatic heterocycles. The Morgan fingerprint density at radius 2 is 1.78 bits per heavy atom. The Balaban J connectivity index is 1.24. The summed E-state index contributed by atoms with van der Waals surface area (Å²) in [5.41, 5.74) is 4.05. The molecule has 5 heterocycles. The molecule has 11 nitrogen and oxygen atoms in total. The van der Waals surface area contributed by atoms with Crippen molar-refractivity contribution >= 4 is 50.2 Å². The highest BCUT2D eigenvalue weighted by atomic mass is 79.9. The summed E-state index contributed by atoms with van der Waals surface area (Å²) in [7, 11) is 2.13. The lowest BCUT2D eigenvalue weighted by atomic mass is 9.97. The van der Waals surface area contributed by atoms with Gasteiger partial charge in [0.05, 0.1) is 5.52 Å². The molecule has 4 aromatic rings. The maximum absolute atomic E-state index is 14.8. The summed E-state index contributed by atoms with van der Waals surface area (Å²) in [4.78, 5) is 58.9. The number of pyridine rings is 1. The van der Waals surface area contributed by atoms with Gasteiger partial charge in [-0.05, 0) is 110 Å². The number of hydrogen-bond donors (Lipinski definition) is 1. The SMILES string of the molecule is CC(=O)c1nn(CC(=O)N2[C@H]3C[C@]4(C[C@@H]24)CN(C)CCCCCCCc2c(C)cc(Br)nc2NC3=O)c2c(CF)cc(-c3cnc(C)nc3)cc12. The van der Waals surface area contributed by atoms with Gasteiger partial charge < -0.3 is 15.1 Å². The number of alkyl halides is 1. The van der Waals surface area contributed by atoms with Gasteiger partial charge in [0, 0.05) is 53.8 Å². The number of fused-ring (bicyclic) bond motifs is 3. The van der Waals surface area contributed by atoms with Crippen LogP contribution in [0, 0.1) is 19.3 Å². The largest absolute Gasteiger partial charge is 0.325 e. The van der Waals surface area contributed by atoms with E-state index in [4.69, 9.17) is 0 Å². The van der Waals surface area contributed by atoms with E-state index >= 15 is 0 Å². The van der Waals surface area contributed by atoms with E-state index in [0.29, 0.717) is 50.3 Å². The summed E-state index contributed by atoms with van der Waals surface area (Å²) >= 11 is 3.51. The normalized spacial score (nSPS) is 22.8. The number of carbonyl (C=O) groups excluding carboxylic acids is 3. The number of anilines is 1. The van der Waals surface area contributed by atoms with Crippen molar-refractivity contribution in [2.75, 3.05) is 25.5 Å². The van der Waals surface area contributed by atoms with E-state index < -0.39 is 12.7 Å². The van der Waals surface area contributed by atoms with E-state index in [9.17, 15) is 18.8 Å². The zero-order valence-corrected chi connectivity index (χ0v) is 31.2. The van der Waals surface area contributed by atoms with E-state index in [-0.39, 0.29) is 41.3 Å². The summed E-state index contributed by atoms with van der Waals surface area (Å²) in [6.45, 7) is 5.92. The number of likely N-dealkylation sites (tertiary alicyclic amines) is 1. The fraction of sp³-hybridized carbons (Fsp3) is 0.500. The van der Waals surface area contributed by atoms with E-state index in [1.54, 1.807) is 36.4 Å². The number of nitrogens with one attached hydrogen (secondary N) is 1. The molecule has 1 saturated heterocycles. The number of benzene rings is 1. The first-order chi connectivity index (χ1) is 24.5. The van der Waals surface area contributed by atoms with Crippen molar-refractivity contribution in [1.82, 2.24) is 34.5 Å². The van der Waals surface area contributed by atoms with Crippen molar-refractivity contribution in [3.05, 3.63) is 63.4 Å². The highest BCUT2D eigenvalue weighted by molar-refractivity contribution is 9.10. The van der Waals surface area contributed by atoms with Crippen LogP contribution in [0.25, 0.3) is 22.0 Å². The monoisotopic (exact) mass is 758 g/mol. The van der Waals surface area contributed by atoms with Crippen molar-refractivity contribution < 1.29 is 18.8 Å². The summed E-state index contributed by atoms with van der Waals surface area (Å²) in [6.07, 6.45) is 11.0. The Morgan fingerprint density at radius 1 is 1.04 bits per heavy atom. The lowest BCUT2D eigenvalue weighted by Gasteiger charge is -2.27. The molecule has 268 valence electrons. The van der Waals surface area contributed by atoms with Crippen molar-refractivity contribution in [3.8, 4) is 11.1 Å². The van der Waals surface area contributed by atoms with Crippen LogP contribution >= 0.6 is 15.9 Å². The molecule has 13 heteroatoms. The maximum Gasteiger partial charge on any atom is 0.248 e. The molecule has 51 heavy (non-hydrogen) atoms. The Morgan fingerprint density at radius 3 is 2.53 bits per heavy atom. The van der Waals surface area contributed by atoms with Gasteiger partial charge in [-0.1, -0.05) is 19.3 Å². The van der Waals surface area contributed by atoms with E-state index in [0.717, 1.165) is 69.2 Å². The van der Waals surface area contributed by atoms with Gasteiger partial charge in [-0.3, -0.25) is 19.1 Å². The number of Topliss-reactive ketones (excluding diaryl/α,β-unsaturated/α-hetero) is 1. The summed E-state index contributed by atoms with van der Waals surface area (Å²) < 4.78 is 16.9. The second kappa shape index (κ2) is 14.1. The van der Waals surface area contributed by atoms with E-state index in [1.165, 1.54) is 11.6 Å². The van der Waals surface area contributed by atoms with Crippen LogP contribution in [0.4, 0.5) is 10.2 Å². The van der Waals surface area contributed by atoms with Gasteiger partial charge in [-0.15, -0.1) is 0 Å². The molecule has 2 bridgehead atoms. The minimum Gasteiger partial charge on any atom is -0.325 e. The lowest BCUT2D eigenvalue weighted by molar-refractivity contribution is -0.138. The highest BCUT2D eigenvalue weighted by Crippen LogP contribution is 2.60. The molecule has 0 radical (unpaired) electrons. The van der Waals surface area contributed by atoms with Gasteiger partial charge in [0.1, 0.15) is 41.2 Å². The number of carbonyl (C=O) groups is 3. The summed E-state index contributed by atoms with van der Waals surface area (Å²) in [6, 6.07) is 4.62. The van der Waals surface area contributed by atoms with Gasteiger partial charge in [0.15, 0.2) is 5.78 Å². The van der Waals surface area contributed by atoms with Crippen LogP contribution in [0.1, 0.15) is 84.9 Å². The highest BCUT2D eigenvalue weighted by Gasteiger charge is 2.67. The Kier molecular flexibility index (Phi) is 9.79. The molecule has 2 fully saturated rings. The van der Waals surface area contributed by atoms with Crippen LogP contribution in [0.2, 0.25) is 0 Å². The minimum absolute atomic E-state index is 0.113. The van der Waals surface area contributed by atoms with Crippen molar-refractivity contribution in [3.63, 3.8) is 0 Å². The van der Waals surface area contributed by atoms with Crippen LogP contribution in [0.5, 0.6) is 0 Å². The van der Waals surface area contributed by atoms with E-state index in [1.807, 2.05) is 13.0 Å². The smallest absolute Gasteiger partial charge is 0.248 e. The molecule has 1 spiro atoms. The van der Waals surface area contributed by atoms with Crippen molar-refractivity contribution in [2.24, 2.45) is 5.41 Å². The second-order valence-electron chi connectivity index (χ2n) is 14.7. The average molecular weight is 760 g/mol. The maximum atomic E-state index is 14.8. The molecule has 1 N–H and O–H groups in total. The Hall–Kier alpha value is -4.10. The van der Waals surface area contributed by atoms with Gasteiger partial charge in [-0.25, -0.2) is 19.3 Å². The molecule has 3 aliphatic rings. The topological polar surface area (TPSA) is 126 Å². The first kappa shape index (κ1) is 35.3. The number of nitrogens with zero attached hydrogens (tertiary/aromatic N) is 7. The molecule has 1 aromatic carbocycles. The number of amides is 2. The van der Waals surface area contributed by atoms with Gasteiger partial charge >= 0.3 is 0 Å². The quantitative estimate of drug-likeness (QED) is 0.184. The van der Waals surface area contributed by atoms with Crippen LogP contribution in [-0.4, -0.2) is 84.4 Å². The zero-order valence-electron chi connectivity index (χ0n) is 29.6. The number of piperidine rings is 1. The number of rotatable bonds is 5. The standard InChI is InChI=1S/C38H44BrFN8O3/c1-22-12-32(39)43-36-28(22)10-8-6-5-7-9-11-46(4)21-38-15-30(37(51)44-36)48(31(38)16-38)33(50)20-47-35-26(17-40)13-25(27-18-41-24(3)42-19-27)14-29(35)34(45-47)23(2)49/h12-14,18-19,30-31H,5-11,15-17,20-21H2,1-4H3,(H,43,44,51)/t30-,31+,38-/m0/s1. The minimum atomic E-state index is -0.831. The first-order valence-electron chi connectivity index (χ1n) is 17.8. The summed E-state index contributed by atoms with van der Waals surface area (Å²) in [5, 5.41) is 8.17. The fourth-order valence-corrected chi connectivity index (χ4v) is 8.87. The average Bonchev–Trinajstić information content (AvgIpc) is 3.47. The Labute approximate surface area is 305 Å². The molecule has 1 saturated carbocycles. The predicted octanol–water partition coefficient (Wildman–Crippen LogP) is 6.38. The van der Waals surface area contributed by atoms with Crippen LogP contribution in [0.3, 0.4) is 0 Å². The molecule has 3 atom stereocenters.